The molecule has 0 amide bonds. The molecule has 1 rings (SSSR count). The maximum absolute atomic E-state index is 11.2. The van der Waals surface area contributed by atoms with E-state index in [4.69, 9.17) is 4.74 Å². The van der Waals surface area contributed by atoms with Crippen molar-refractivity contribution in [2.45, 2.75) is 13.8 Å². The average molecular weight is 233 g/mol. The Morgan fingerprint density at radius 3 is 2.29 bits per heavy atom. The highest BCUT2D eigenvalue weighted by Crippen LogP contribution is 2.17. The predicted octanol–water partition coefficient (Wildman–Crippen LogP) is 2.82. The van der Waals surface area contributed by atoms with Gasteiger partial charge in [0, 0.05) is 6.21 Å². The number of nitrogens with zero attached hydrogens (tertiary/aromatic N) is 1. The van der Waals surface area contributed by atoms with E-state index in [0.717, 1.165) is 5.75 Å². The highest BCUT2D eigenvalue weighted by Gasteiger charge is 2.04. The fourth-order valence-corrected chi connectivity index (χ4v) is 1.25. The summed E-state index contributed by atoms with van der Waals surface area (Å²) in [6.45, 7) is 2.84. The summed E-state index contributed by atoms with van der Waals surface area (Å²) in [5.41, 5.74) is 0.895. The average Bonchev–Trinajstić information content (AvgIpc) is 2.29. The van der Waals surface area contributed by atoms with Crippen molar-refractivity contribution in [3.63, 3.8) is 0 Å². The molecule has 0 aliphatic carbocycles. The zero-order valence-corrected chi connectivity index (χ0v) is 10.1. The minimum atomic E-state index is -0.220. The second kappa shape index (κ2) is 5.84. The lowest BCUT2D eigenvalue weighted by atomic mass is 10.2. The summed E-state index contributed by atoms with van der Waals surface area (Å²) < 4.78 is 5.02. The summed E-state index contributed by atoms with van der Waals surface area (Å²) in [4.78, 5) is 15.3. The van der Waals surface area contributed by atoms with Crippen LogP contribution in [0, 0.1) is 0 Å². The van der Waals surface area contributed by atoms with Gasteiger partial charge < -0.3 is 9.84 Å². The minimum Gasteiger partial charge on any atom is -0.512 e. The molecule has 0 aliphatic heterocycles. The predicted molar refractivity (Wildman–Crippen MR) is 67.2 cm³/mol. The number of carbonyl (C=O) groups is 1. The molecule has 0 spiro atoms. The molecule has 90 valence electrons. The van der Waals surface area contributed by atoms with Crippen LogP contribution in [-0.4, -0.2) is 24.2 Å². The second-order valence-electron chi connectivity index (χ2n) is 3.51. The number of aliphatic imine (C=N–C) groups is 1. The topological polar surface area (TPSA) is 58.9 Å². The molecule has 0 saturated carbocycles. The number of hydrogen-bond donors (Lipinski definition) is 1. The van der Waals surface area contributed by atoms with Gasteiger partial charge in [0.2, 0.25) is 0 Å². The van der Waals surface area contributed by atoms with Crippen LogP contribution in [0.15, 0.2) is 40.6 Å². The van der Waals surface area contributed by atoms with Crippen LogP contribution in [0.4, 0.5) is 5.69 Å². The van der Waals surface area contributed by atoms with Gasteiger partial charge in [-0.05, 0) is 38.1 Å². The van der Waals surface area contributed by atoms with Crippen LogP contribution >= 0.6 is 0 Å². The van der Waals surface area contributed by atoms with E-state index in [2.05, 4.69) is 4.99 Å². The smallest absolute Gasteiger partial charge is 0.164 e. The molecular formula is C13H15NO3. The summed E-state index contributed by atoms with van der Waals surface area (Å²) in [7, 11) is 1.59. The molecular weight excluding hydrogens is 218 g/mol. The number of carbonyl (C=O) groups excluding carboxylic acids is 1. The number of benzene rings is 1. The molecule has 0 unspecified atom stereocenters. The lowest BCUT2D eigenvalue weighted by Crippen LogP contribution is -2.01. The first-order chi connectivity index (χ1) is 8.04. The molecule has 0 aromatic heterocycles. The quantitative estimate of drug-likeness (QED) is 0.494. The number of aliphatic hydroxyl groups excluding tert-OH is 1. The zero-order chi connectivity index (χ0) is 12.8. The van der Waals surface area contributed by atoms with Gasteiger partial charge in [-0.25, -0.2) is 0 Å². The van der Waals surface area contributed by atoms with E-state index in [1.165, 1.54) is 20.1 Å². The molecule has 0 fully saturated rings. The number of rotatable bonds is 4. The van der Waals surface area contributed by atoms with E-state index in [-0.39, 0.29) is 17.1 Å². The van der Waals surface area contributed by atoms with Crippen LogP contribution in [0.5, 0.6) is 5.75 Å². The molecule has 4 heteroatoms. The van der Waals surface area contributed by atoms with Crippen molar-refractivity contribution in [2.24, 2.45) is 4.99 Å². The number of hydrogen-bond acceptors (Lipinski definition) is 4. The lowest BCUT2D eigenvalue weighted by Gasteiger charge is -2.00. The molecule has 0 bridgehead atoms. The van der Waals surface area contributed by atoms with Gasteiger partial charge in [-0.3, -0.25) is 9.79 Å². The van der Waals surface area contributed by atoms with Gasteiger partial charge in [-0.1, -0.05) is 0 Å². The van der Waals surface area contributed by atoms with Crippen LogP contribution in [0.25, 0.3) is 0 Å². The van der Waals surface area contributed by atoms with Gasteiger partial charge in [0.05, 0.1) is 18.4 Å². The monoisotopic (exact) mass is 233 g/mol. The third-order valence-corrected chi connectivity index (χ3v) is 2.18. The van der Waals surface area contributed by atoms with E-state index in [1.807, 2.05) is 0 Å². The van der Waals surface area contributed by atoms with Crippen molar-refractivity contribution in [2.75, 3.05) is 7.11 Å². The molecule has 0 saturated heterocycles. The standard InChI is InChI=1S/C13H15NO3/c1-9(15)13(10(2)16)8-14-11-4-6-12(17-3)7-5-11/h4-8,15H,1-3H3/b13-9-,14-8?. The third-order valence-electron chi connectivity index (χ3n) is 2.18. The molecule has 0 atom stereocenters. The number of Topliss-reactive ketones (excluding diaryl/α,β-unsaturated/α-hetero) is 1. The van der Waals surface area contributed by atoms with Crippen molar-refractivity contribution < 1.29 is 14.6 Å². The Morgan fingerprint density at radius 1 is 1.29 bits per heavy atom. The van der Waals surface area contributed by atoms with E-state index in [1.54, 1.807) is 31.4 Å². The Labute approximate surface area is 100 Å². The first-order valence-corrected chi connectivity index (χ1v) is 5.13. The molecule has 0 aliphatic rings. The second-order valence-corrected chi connectivity index (χ2v) is 3.51. The third kappa shape index (κ3) is 3.75. The fraction of sp³-hybridized carbons (Fsp3) is 0.231. The first-order valence-electron chi connectivity index (χ1n) is 5.13. The highest BCUT2D eigenvalue weighted by molar-refractivity contribution is 6.12. The number of ketones is 1. The van der Waals surface area contributed by atoms with Gasteiger partial charge in [0.25, 0.3) is 0 Å². The molecule has 1 N–H and O–H groups in total. The molecule has 4 nitrogen and oxygen atoms in total. The van der Waals surface area contributed by atoms with Crippen molar-refractivity contribution >= 4 is 17.7 Å². The summed E-state index contributed by atoms with van der Waals surface area (Å²) in [5, 5.41) is 9.29. The van der Waals surface area contributed by atoms with Gasteiger partial charge >= 0.3 is 0 Å². The van der Waals surface area contributed by atoms with Crippen molar-refractivity contribution in [1.82, 2.24) is 0 Å². The van der Waals surface area contributed by atoms with Crippen molar-refractivity contribution in [1.29, 1.82) is 0 Å². The molecule has 0 heterocycles. The molecule has 17 heavy (non-hydrogen) atoms. The molecule has 0 radical (unpaired) electrons. The first kappa shape index (κ1) is 13.0. The SMILES string of the molecule is COc1ccc(N=C/C(C(C)=O)=C(\C)O)cc1. The van der Waals surface area contributed by atoms with Gasteiger partial charge in [-0.2, -0.15) is 0 Å². The maximum Gasteiger partial charge on any atom is 0.164 e. The van der Waals surface area contributed by atoms with Crippen LogP contribution in [0.1, 0.15) is 13.8 Å². The van der Waals surface area contributed by atoms with Gasteiger partial charge in [-0.15, -0.1) is 0 Å². The highest BCUT2D eigenvalue weighted by atomic mass is 16.5. The largest absolute Gasteiger partial charge is 0.512 e. The van der Waals surface area contributed by atoms with Crippen molar-refractivity contribution in [3.05, 3.63) is 35.6 Å². The van der Waals surface area contributed by atoms with E-state index >= 15 is 0 Å². The normalized spacial score (nSPS) is 12.4. The Kier molecular flexibility index (Phi) is 4.46. The minimum absolute atomic E-state index is 0.0326. The number of aliphatic hydroxyl groups is 1. The fourth-order valence-electron chi connectivity index (χ4n) is 1.25. The summed E-state index contributed by atoms with van der Waals surface area (Å²) in [6, 6.07) is 7.07. The molecule has 1 aromatic rings. The van der Waals surface area contributed by atoms with E-state index < -0.39 is 0 Å². The van der Waals surface area contributed by atoms with Gasteiger partial charge in [0.15, 0.2) is 5.78 Å². The Morgan fingerprint density at radius 2 is 1.88 bits per heavy atom. The maximum atomic E-state index is 11.2. The lowest BCUT2D eigenvalue weighted by molar-refractivity contribution is -0.113. The number of ether oxygens (including phenoxy) is 1. The number of methoxy groups -OCH3 is 1. The Bertz CT molecular complexity index is 454. The summed E-state index contributed by atoms with van der Waals surface area (Å²) >= 11 is 0. The van der Waals surface area contributed by atoms with Gasteiger partial charge in [0.1, 0.15) is 11.5 Å². The Hall–Kier alpha value is -2.10. The van der Waals surface area contributed by atoms with E-state index in [9.17, 15) is 9.90 Å². The zero-order valence-electron chi connectivity index (χ0n) is 10.1. The van der Waals surface area contributed by atoms with Crippen LogP contribution < -0.4 is 4.74 Å². The molecule has 1 aromatic carbocycles. The Balaban J connectivity index is 2.89. The van der Waals surface area contributed by atoms with Crippen LogP contribution in [-0.2, 0) is 4.79 Å². The summed E-state index contributed by atoms with van der Waals surface area (Å²) in [5.74, 6) is 0.488. The van der Waals surface area contributed by atoms with E-state index in [0.29, 0.717) is 5.69 Å². The summed E-state index contributed by atoms with van der Waals surface area (Å²) in [6.07, 6.45) is 1.36. The van der Waals surface area contributed by atoms with Crippen molar-refractivity contribution in [3.8, 4) is 5.75 Å². The number of allylic oxidation sites excluding steroid dienone is 2. The van der Waals surface area contributed by atoms with Crippen LogP contribution in [0.3, 0.4) is 0 Å². The van der Waals surface area contributed by atoms with Crippen LogP contribution in [0.2, 0.25) is 0 Å².